The zero-order valence-electron chi connectivity index (χ0n) is 14.7. The van der Waals surface area contributed by atoms with E-state index in [0.29, 0.717) is 11.3 Å². The third-order valence-corrected chi connectivity index (χ3v) is 3.67. The number of hydrogen-bond donors (Lipinski definition) is 1. The highest BCUT2D eigenvalue weighted by atomic mass is 19.4. The van der Waals surface area contributed by atoms with Crippen molar-refractivity contribution in [3.8, 4) is 17.4 Å². The molecule has 0 aliphatic carbocycles. The van der Waals surface area contributed by atoms with Crippen LogP contribution in [0.2, 0.25) is 0 Å². The monoisotopic (exact) mass is 388 g/mol. The SMILES string of the molecule is COc1cc(NC(=O)c2ccccc2)nc(Oc2cccc(C(F)(F)F)c2)c1. The van der Waals surface area contributed by atoms with E-state index in [1.165, 1.54) is 31.4 Å². The average molecular weight is 388 g/mol. The van der Waals surface area contributed by atoms with Gasteiger partial charge >= 0.3 is 6.18 Å². The van der Waals surface area contributed by atoms with Gasteiger partial charge in [-0.2, -0.15) is 18.2 Å². The zero-order valence-corrected chi connectivity index (χ0v) is 14.7. The number of amides is 1. The smallest absolute Gasteiger partial charge is 0.416 e. The number of methoxy groups -OCH3 is 1. The minimum Gasteiger partial charge on any atom is -0.496 e. The van der Waals surface area contributed by atoms with Gasteiger partial charge in [0.15, 0.2) is 0 Å². The second-order valence-corrected chi connectivity index (χ2v) is 5.68. The van der Waals surface area contributed by atoms with Crippen LogP contribution in [0.15, 0.2) is 66.7 Å². The lowest BCUT2D eigenvalue weighted by Gasteiger charge is -2.12. The molecule has 1 N–H and O–H groups in total. The first kappa shape index (κ1) is 19.2. The fourth-order valence-corrected chi connectivity index (χ4v) is 2.35. The van der Waals surface area contributed by atoms with Crippen LogP contribution in [0, 0.1) is 0 Å². The Kier molecular flexibility index (Phi) is 5.49. The minimum absolute atomic E-state index is 0.0259. The van der Waals surface area contributed by atoms with Gasteiger partial charge in [-0.25, -0.2) is 0 Å². The van der Waals surface area contributed by atoms with Crippen LogP contribution in [0.1, 0.15) is 15.9 Å². The second-order valence-electron chi connectivity index (χ2n) is 5.68. The average Bonchev–Trinajstić information content (AvgIpc) is 2.68. The van der Waals surface area contributed by atoms with Crippen LogP contribution in [-0.2, 0) is 6.18 Å². The summed E-state index contributed by atoms with van der Waals surface area (Å²) in [6, 6.07) is 15.8. The minimum atomic E-state index is -4.49. The summed E-state index contributed by atoms with van der Waals surface area (Å²) in [4.78, 5) is 16.4. The Balaban J connectivity index is 1.84. The summed E-state index contributed by atoms with van der Waals surface area (Å²) in [5.74, 6) is -0.0140. The molecule has 5 nitrogen and oxygen atoms in total. The van der Waals surface area contributed by atoms with Gasteiger partial charge in [0.25, 0.3) is 5.91 Å². The molecule has 3 aromatic rings. The van der Waals surface area contributed by atoms with E-state index in [1.54, 1.807) is 30.3 Å². The van der Waals surface area contributed by atoms with Crippen LogP contribution in [0.4, 0.5) is 19.0 Å². The summed E-state index contributed by atoms with van der Waals surface area (Å²) in [6.07, 6.45) is -4.49. The summed E-state index contributed by atoms with van der Waals surface area (Å²) in [5.41, 5.74) is -0.419. The summed E-state index contributed by atoms with van der Waals surface area (Å²) in [7, 11) is 1.41. The predicted molar refractivity (Wildman–Crippen MR) is 96.7 cm³/mol. The Labute approximate surface area is 158 Å². The Morgan fingerprint density at radius 1 is 0.964 bits per heavy atom. The molecule has 0 aliphatic heterocycles. The van der Waals surface area contributed by atoms with E-state index in [9.17, 15) is 18.0 Å². The summed E-state index contributed by atoms with van der Waals surface area (Å²) >= 11 is 0. The van der Waals surface area contributed by atoms with Crippen LogP contribution in [0.5, 0.6) is 17.4 Å². The number of benzene rings is 2. The van der Waals surface area contributed by atoms with Gasteiger partial charge < -0.3 is 14.8 Å². The van der Waals surface area contributed by atoms with E-state index in [-0.39, 0.29) is 17.4 Å². The van der Waals surface area contributed by atoms with Gasteiger partial charge in [-0.15, -0.1) is 0 Å². The lowest BCUT2D eigenvalue weighted by atomic mass is 10.2. The van der Waals surface area contributed by atoms with E-state index in [2.05, 4.69) is 10.3 Å². The highest BCUT2D eigenvalue weighted by molar-refractivity contribution is 6.03. The van der Waals surface area contributed by atoms with E-state index in [1.807, 2.05) is 0 Å². The maximum absolute atomic E-state index is 12.9. The number of aromatic nitrogens is 1. The van der Waals surface area contributed by atoms with Crippen molar-refractivity contribution < 1.29 is 27.4 Å². The van der Waals surface area contributed by atoms with E-state index >= 15 is 0 Å². The number of nitrogens with one attached hydrogen (secondary N) is 1. The number of carbonyl (C=O) groups is 1. The largest absolute Gasteiger partial charge is 0.496 e. The number of alkyl halides is 3. The molecule has 0 atom stereocenters. The molecule has 8 heteroatoms. The van der Waals surface area contributed by atoms with Crippen molar-refractivity contribution in [2.45, 2.75) is 6.18 Å². The Morgan fingerprint density at radius 3 is 2.39 bits per heavy atom. The van der Waals surface area contributed by atoms with Gasteiger partial charge in [-0.3, -0.25) is 4.79 Å². The highest BCUT2D eigenvalue weighted by Crippen LogP contribution is 2.33. The fraction of sp³-hybridized carbons (Fsp3) is 0.100. The summed E-state index contributed by atoms with van der Waals surface area (Å²) in [5, 5.41) is 2.60. The molecule has 0 unspecified atom stereocenters. The first-order valence-electron chi connectivity index (χ1n) is 8.13. The molecule has 0 saturated carbocycles. The van der Waals surface area contributed by atoms with Gasteiger partial charge in [-0.1, -0.05) is 24.3 Å². The first-order valence-corrected chi connectivity index (χ1v) is 8.13. The first-order chi connectivity index (χ1) is 13.3. The van der Waals surface area contributed by atoms with Gasteiger partial charge in [0.1, 0.15) is 17.3 Å². The number of rotatable bonds is 5. The molecule has 144 valence electrons. The third-order valence-electron chi connectivity index (χ3n) is 3.67. The molecule has 0 aliphatic rings. The van der Waals surface area contributed by atoms with Gasteiger partial charge in [0.2, 0.25) is 5.88 Å². The maximum Gasteiger partial charge on any atom is 0.416 e. The molecule has 0 saturated heterocycles. The lowest BCUT2D eigenvalue weighted by molar-refractivity contribution is -0.137. The zero-order chi connectivity index (χ0) is 20.1. The van der Waals surface area contributed by atoms with Crippen LogP contribution >= 0.6 is 0 Å². The number of halogens is 3. The molecule has 28 heavy (non-hydrogen) atoms. The van der Waals surface area contributed by atoms with Gasteiger partial charge in [0.05, 0.1) is 12.7 Å². The van der Waals surface area contributed by atoms with E-state index in [4.69, 9.17) is 9.47 Å². The van der Waals surface area contributed by atoms with Crippen molar-refractivity contribution >= 4 is 11.7 Å². The van der Waals surface area contributed by atoms with Crippen molar-refractivity contribution in [1.82, 2.24) is 4.98 Å². The number of anilines is 1. The van der Waals surface area contributed by atoms with Crippen molar-refractivity contribution in [3.63, 3.8) is 0 Å². The molecule has 2 aromatic carbocycles. The van der Waals surface area contributed by atoms with Crippen molar-refractivity contribution in [3.05, 3.63) is 77.9 Å². The molecule has 1 heterocycles. The number of hydrogen-bond acceptors (Lipinski definition) is 4. The Hall–Kier alpha value is -3.55. The molecule has 3 rings (SSSR count). The van der Waals surface area contributed by atoms with E-state index < -0.39 is 17.6 Å². The molecule has 0 spiro atoms. The van der Waals surface area contributed by atoms with Crippen LogP contribution in [-0.4, -0.2) is 18.0 Å². The molecule has 1 amide bonds. The lowest BCUT2D eigenvalue weighted by Crippen LogP contribution is -2.13. The third kappa shape index (κ3) is 4.79. The predicted octanol–water partition coefficient (Wildman–Crippen LogP) is 5.15. The second kappa shape index (κ2) is 7.99. The van der Waals surface area contributed by atoms with Gasteiger partial charge in [-0.05, 0) is 30.3 Å². The van der Waals surface area contributed by atoms with E-state index in [0.717, 1.165) is 12.1 Å². The number of carbonyl (C=O) groups excluding carboxylic acids is 1. The van der Waals surface area contributed by atoms with Crippen molar-refractivity contribution in [1.29, 1.82) is 0 Å². The maximum atomic E-state index is 12.9. The number of ether oxygens (including phenoxy) is 2. The molecule has 0 bridgehead atoms. The van der Waals surface area contributed by atoms with Gasteiger partial charge in [0, 0.05) is 17.7 Å². The van der Waals surface area contributed by atoms with Crippen LogP contribution in [0.3, 0.4) is 0 Å². The number of pyridine rings is 1. The van der Waals surface area contributed by atoms with Crippen LogP contribution < -0.4 is 14.8 Å². The topological polar surface area (TPSA) is 60.5 Å². The quantitative estimate of drug-likeness (QED) is 0.656. The standard InChI is InChI=1S/C20H15F3N2O3/c1-27-16-11-17(25-19(26)13-6-3-2-4-7-13)24-18(12-16)28-15-9-5-8-14(10-15)20(21,22)23/h2-12H,1H3,(H,24,25,26). The molecule has 1 aromatic heterocycles. The summed E-state index contributed by atoms with van der Waals surface area (Å²) in [6.45, 7) is 0. The van der Waals surface area contributed by atoms with Crippen LogP contribution in [0.25, 0.3) is 0 Å². The molecular weight excluding hydrogens is 373 g/mol. The van der Waals surface area contributed by atoms with Crippen molar-refractivity contribution in [2.24, 2.45) is 0 Å². The van der Waals surface area contributed by atoms with Crippen molar-refractivity contribution in [2.75, 3.05) is 12.4 Å². The number of nitrogens with zero attached hydrogens (tertiary/aromatic N) is 1. The highest BCUT2D eigenvalue weighted by Gasteiger charge is 2.30. The Bertz CT molecular complexity index is 976. The summed E-state index contributed by atoms with van der Waals surface area (Å²) < 4.78 is 49.2. The normalized spacial score (nSPS) is 11.0. The molecular formula is C20H15F3N2O3. The molecule has 0 fully saturated rings. The fourth-order valence-electron chi connectivity index (χ4n) is 2.35. The Morgan fingerprint density at radius 2 is 1.71 bits per heavy atom. The molecule has 0 radical (unpaired) electrons.